The molecule has 2 unspecified atom stereocenters. The van der Waals surface area contributed by atoms with E-state index < -0.39 is 0 Å². The number of para-hydroxylation sites is 1. The van der Waals surface area contributed by atoms with Crippen molar-refractivity contribution in [1.29, 1.82) is 0 Å². The highest BCUT2D eigenvalue weighted by molar-refractivity contribution is 5.55. The van der Waals surface area contributed by atoms with Crippen LogP contribution in [0.4, 0.5) is 5.69 Å². The maximum atomic E-state index is 6.15. The lowest BCUT2D eigenvalue weighted by Crippen LogP contribution is -2.33. The fourth-order valence-corrected chi connectivity index (χ4v) is 1.93. The van der Waals surface area contributed by atoms with Crippen LogP contribution in [-0.4, -0.2) is 26.8 Å². The van der Waals surface area contributed by atoms with Crippen LogP contribution in [0.5, 0.6) is 0 Å². The third-order valence-electron chi connectivity index (χ3n) is 3.23. The Labute approximate surface area is 105 Å². The zero-order valence-electron chi connectivity index (χ0n) is 11.3. The summed E-state index contributed by atoms with van der Waals surface area (Å²) in [4.78, 5) is 2.23. The summed E-state index contributed by atoms with van der Waals surface area (Å²) < 4.78 is 5.20. The molecular weight excluding hydrogens is 212 g/mol. The van der Waals surface area contributed by atoms with Gasteiger partial charge >= 0.3 is 0 Å². The molecule has 3 heteroatoms. The highest BCUT2D eigenvalue weighted by atomic mass is 16.5. The van der Waals surface area contributed by atoms with E-state index in [-0.39, 0.29) is 6.04 Å². The molecule has 0 aliphatic heterocycles. The first-order valence-electron chi connectivity index (χ1n) is 6.18. The van der Waals surface area contributed by atoms with Crippen molar-refractivity contribution in [3.63, 3.8) is 0 Å². The van der Waals surface area contributed by atoms with Crippen LogP contribution < -0.4 is 10.6 Å². The number of ether oxygens (including phenoxy) is 1. The Balaban J connectivity index is 2.96. The van der Waals surface area contributed by atoms with Crippen LogP contribution >= 0.6 is 0 Å². The number of nitrogens with two attached hydrogens (primary N) is 1. The van der Waals surface area contributed by atoms with Crippen LogP contribution in [0.1, 0.15) is 31.9 Å². The normalized spacial score (nSPS) is 14.4. The smallest absolute Gasteiger partial charge is 0.0663 e. The summed E-state index contributed by atoms with van der Waals surface area (Å²) >= 11 is 0. The number of likely N-dealkylation sites (N-methyl/N-ethyl adjacent to an activating group) is 1. The maximum Gasteiger partial charge on any atom is 0.0663 e. The molecule has 0 aromatic heterocycles. The molecule has 0 fully saturated rings. The van der Waals surface area contributed by atoms with Gasteiger partial charge in [-0.15, -0.1) is 0 Å². The molecule has 3 nitrogen and oxygen atoms in total. The fraction of sp³-hybridized carbons (Fsp3) is 0.571. The topological polar surface area (TPSA) is 38.5 Å². The van der Waals surface area contributed by atoms with E-state index in [1.807, 2.05) is 6.07 Å². The quantitative estimate of drug-likeness (QED) is 0.825. The van der Waals surface area contributed by atoms with E-state index in [4.69, 9.17) is 10.5 Å². The summed E-state index contributed by atoms with van der Waals surface area (Å²) in [6.07, 6.45) is 0.948. The van der Waals surface area contributed by atoms with Gasteiger partial charge in [0.05, 0.1) is 6.61 Å². The molecule has 0 heterocycles. The molecule has 0 saturated carbocycles. The first-order chi connectivity index (χ1) is 8.11. The fourth-order valence-electron chi connectivity index (χ4n) is 1.93. The van der Waals surface area contributed by atoms with E-state index in [2.05, 4.69) is 44.0 Å². The molecule has 0 radical (unpaired) electrons. The zero-order valence-corrected chi connectivity index (χ0v) is 11.3. The lowest BCUT2D eigenvalue weighted by Gasteiger charge is -2.29. The minimum Gasteiger partial charge on any atom is -0.383 e. The maximum absolute atomic E-state index is 6.15. The van der Waals surface area contributed by atoms with Gasteiger partial charge in [-0.3, -0.25) is 0 Å². The van der Waals surface area contributed by atoms with Gasteiger partial charge in [-0.1, -0.05) is 25.1 Å². The van der Waals surface area contributed by atoms with E-state index in [0.29, 0.717) is 12.6 Å². The van der Waals surface area contributed by atoms with Crippen molar-refractivity contribution in [2.24, 2.45) is 5.73 Å². The number of anilines is 1. The van der Waals surface area contributed by atoms with Crippen molar-refractivity contribution in [1.82, 2.24) is 0 Å². The number of methoxy groups -OCH3 is 1. The second kappa shape index (κ2) is 6.62. The summed E-state index contributed by atoms with van der Waals surface area (Å²) in [6.45, 7) is 4.98. The molecule has 0 spiro atoms. The highest BCUT2D eigenvalue weighted by Crippen LogP contribution is 2.27. The molecule has 1 aromatic rings. The average molecular weight is 236 g/mol. The minimum atomic E-state index is 0.100. The Morgan fingerprint density at radius 2 is 2.00 bits per heavy atom. The average Bonchev–Trinajstić information content (AvgIpc) is 2.37. The first kappa shape index (κ1) is 14.0. The Hall–Kier alpha value is -1.06. The molecular formula is C14H24N2O. The Morgan fingerprint density at radius 3 is 2.59 bits per heavy atom. The number of benzene rings is 1. The van der Waals surface area contributed by atoms with Gasteiger partial charge in [-0.25, -0.2) is 0 Å². The van der Waals surface area contributed by atoms with Crippen molar-refractivity contribution in [2.75, 3.05) is 25.7 Å². The number of nitrogens with zero attached hydrogens (tertiary/aromatic N) is 1. The molecule has 0 aliphatic carbocycles. The molecule has 0 saturated heterocycles. The van der Waals surface area contributed by atoms with E-state index in [1.54, 1.807) is 7.11 Å². The second-order valence-electron chi connectivity index (χ2n) is 4.49. The first-order valence-corrected chi connectivity index (χ1v) is 6.18. The van der Waals surface area contributed by atoms with Crippen molar-refractivity contribution in [3.05, 3.63) is 29.8 Å². The SMILES string of the molecule is CCC(N)c1ccccc1N(C)C(C)COC. The summed E-state index contributed by atoms with van der Waals surface area (Å²) in [5.74, 6) is 0. The third-order valence-corrected chi connectivity index (χ3v) is 3.23. The van der Waals surface area contributed by atoms with E-state index in [9.17, 15) is 0 Å². The van der Waals surface area contributed by atoms with Gasteiger partial charge in [0.2, 0.25) is 0 Å². The van der Waals surface area contributed by atoms with Crippen molar-refractivity contribution >= 4 is 5.69 Å². The summed E-state index contributed by atoms with van der Waals surface area (Å²) in [7, 11) is 3.82. The lowest BCUT2D eigenvalue weighted by atomic mass is 10.0. The largest absolute Gasteiger partial charge is 0.383 e. The van der Waals surface area contributed by atoms with Crippen LogP contribution in [0.3, 0.4) is 0 Å². The number of rotatable bonds is 6. The molecule has 96 valence electrons. The van der Waals surface area contributed by atoms with Crippen molar-refractivity contribution in [2.45, 2.75) is 32.4 Å². The van der Waals surface area contributed by atoms with Gasteiger partial charge in [0.25, 0.3) is 0 Å². The molecule has 17 heavy (non-hydrogen) atoms. The minimum absolute atomic E-state index is 0.100. The summed E-state index contributed by atoms with van der Waals surface area (Å²) in [5.41, 5.74) is 8.56. The van der Waals surface area contributed by atoms with Crippen LogP contribution in [0.15, 0.2) is 24.3 Å². The molecule has 0 aliphatic rings. The van der Waals surface area contributed by atoms with Crippen LogP contribution in [0, 0.1) is 0 Å². The van der Waals surface area contributed by atoms with Gasteiger partial charge < -0.3 is 15.4 Å². The van der Waals surface area contributed by atoms with E-state index in [1.165, 1.54) is 11.3 Å². The van der Waals surface area contributed by atoms with Gasteiger partial charge in [0.1, 0.15) is 0 Å². The van der Waals surface area contributed by atoms with Crippen LogP contribution in [0.2, 0.25) is 0 Å². The molecule has 0 amide bonds. The van der Waals surface area contributed by atoms with Gasteiger partial charge in [0.15, 0.2) is 0 Å². The Kier molecular flexibility index (Phi) is 5.45. The molecule has 1 aromatic carbocycles. The van der Waals surface area contributed by atoms with E-state index >= 15 is 0 Å². The lowest BCUT2D eigenvalue weighted by molar-refractivity contribution is 0.183. The molecule has 1 rings (SSSR count). The van der Waals surface area contributed by atoms with Gasteiger partial charge in [0, 0.05) is 31.9 Å². The van der Waals surface area contributed by atoms with E-state index in [0.717, 1.165) is 6.42 Å². The third kappa shape index (κ3) is 3.45. The molecule has 0 bridgehead atoms. The van der Waals surface area contributed by atoms with Gasteiger partial charge in [-0.2, -0.15) is 0 Å². The standard InChI is InChI=1S/C14H24N2O/c1-5-13(15)12-8-6-7-9-14(12)16(3)11(2)10-17-4/h6-9,11,13H,5,10,15H2,1-4H3. The summed E-state index contributed by atoms with van der Waals surface area (Å²) in [5, 5.41) is 0. The molecule has 2 atom stereocenters. The predicted molar refractivity (Wildman–Crippen MR) is 73.4 cm³/mol. The van der Waals surface area contributed by atoms with Crippen LogP contribution in [-0.2, 0) is 4.74 Å². The number of hydrogen-bond donors (Lipinski definition) is 1. The number of hydrogen-bond acceptors (Lipinski definition) is 3. The van der Waals surface area contributed by atoms with Gasteiger partial charge in [-0.05, 0) is 25.0 Å². The molecule has 2 N–H and O–H groups in total. The van der Waals surface area contributed by atoms with Crippen molar-refractivity contribution < 1.29 is 4.74 Å². The Morgan fingerprint density at radius 1 is 1.35 bits per heavy atom. The van der Waals surface area contributed by atoms with Crippen LogP contribution in [0.25, 0.3) is 0 Å². The highest BCUT2D eigenvalue weighted by Gasteiger charge is 2.15. The second-order valence-corrected chi connectivity index (χ2v) is 4.49. The Bertz CT molecular complexity index is 341. The zero-order chi connectivity index (χ0) is 12.8. The summed E-state index contributed by atoms with van der Waals surface area (Å²) in [6, 6.07) is 8.77. The monoisotopic (exact) mass is 236 g/mol. The van der Waals surface area contributed by atoms with Crippen molar-refractivity contribution in [3.8, 4) is 0 Å². The predicted octanol–water partition coefficient (Wildman–Crippen LogP) is 2.57.